The topological polar surface area (TPSA) is 86.8 Å². The molecule has 0 aliphatic heterocycles. The monoisotopic (exact) mass is 581 g/mol. The van der Waals surface area contributed by atoms with Crippen LogP contribution in [-0.2, 0) is 32.3 Å². The molecule has 1 N–H and O–H groups in total. The van der Waals surface area contributed by atoms with E-state index >= 15 is 0 Å². The van der Waals surface area contributed by atoms with Gasteiger partial charge in [-0.1, -0.05) is 48.3 Å². The summed E-state index contributed by atoms with van der Waals surface area (Å²) in [6.07, 6.45) is -3.40. The number of hydrogen-bond donors (Lipinski definition) is 1. The van der Waals surface area contributed by atoms with Gasteiger partial charge in [-0.25, -0.2) is 8.42 Å². The molecule has 0 saturated heterocycles. The second-order valence-corrected chi connectivity index (χ2v) is 11.3. The first-order valence-electron chi connectivity index (χ1n) is 11.2. The SMILES string of the molecule is CC[C@@H](C)NC(=O)[C@@H](C)N(Cc1ccccc1Cl)C(=O)CN(c1cc(C(F)(F)F)ccc1Cl)S(C)(=O)=O. The number of halogens is 5. The van der Waals surface area contributed by atoms with Gasteiger partial charge >= 0.3 is 6.18 Å². The number of hydrogen-bond acceptors (Lipinski definition) is 4. The summed E-state index contributed by atoms with van der Waals surface area (Å²) in [6.45, 7) is 4.07. The number of benzene rings is 2. The highest BCUT2D eigenvalue weighted by Crippen LogP contribution is 2.36. The smallest absolute Gasteiger partial charge is 0.352 e. The Labute approximate surface area is 224 Å². The fraction of sp³-hybridized carbons (Fsp3) is 0.417. The van der Waals surface area contributed by atoms with E-state index in [4.69, 9.17) is 23.2 Å². The summed E-state index contributed by atoms with van der Waals surface area (Å²) in [5.74, 6) is -1.33. The fourth-order valence-electron chi connectivity index (χ4n) is 3.33. The number of amides is 2. The molecule has 0 fully saturated rings. The summed E-state index contributed by atoms with van der Waals surface area (Å²) < 4.78 is 65.7. The van der Waals surface area contributed by atoms with Crippen LogP contribution in [0.3, 0.4) is 0 Å². The lowest BCUT2D eigenvalue weighted by Gasteiger charge is -2.32. The lowest BCUT2D eigenvalue weighted by Crippen LogP contribution is -2.52. The molecule has 2 aromatic carbocycles. The lowest BCUT2D eigenvalue weighted by molar-refractivity contribution is -0.139. The molecule has 7 nitrogen and oxygen atoms in total. The summed E-state index contributed by atoms with van der Waals surface area (Å²) in [5.41, 5.74) is -1.16. The molecule has 0 unspecified atom stereocenters. The third-order valence-electron chi connectivity index (χ3n) is 5.69. The van der Waals surface area contributed by atoms with E-state index in [1.165, 1.54) is 6.92 Å². The maximum atomic E-state index is 13.5. The van der Waals surface area contributed by atoms with Gasteiger partial charge in [0.15, 0.2) is 0 Å². The van der Waals surface area contributed by atoms with E-state index in [-0.39, 0.29) is 17.6 Å². The average Bonchev–Trinajstić information content (AvgIpc) is 2.80. The second-order valence-electron chi connectivity index (χ2n) is 8.54. The van der Waals surface area contributed by atoms with Crippen LogP contribution in [0.1, 0.15) is 38.3 Å². The molecule has 0 saturated carbocycles. The number of sulfonamides is 1. The third-order valence-corrected chi connectivity index (χ3v) is 7.50. The van der Waals surface area contributed by atoms with E-state index in [9.17, 15) is 31.2 Å². The molecule has 13 heteroatoms. The molecule has 2 rings (SSSR count). The maximum Gasteiger partial charge on any atom is 0.416 e. The first kappa shape index (κ1) is 30.7. The molecule has 0 aliphatic rings. The highest BCUT2D eigenvalue weighted by atomic mass is 35.5. The van der Waals surface area contributed by atoms with Gasteiger partial charge in [0, 0.05) is 17.6 Å². The van der Waals surface area contributed by atoms with E-state index in [0.717, 1.165) is 17.2 Å². The van der Waals surface area contributed by atoms with Gasteiger partial charge in [-0.3, -0.25) is 13.9 Å². The van der Waals surface area contributed by atoms with Gasteiger partial charge < -0.3 is 10.2 Å². The molecule has 0 spiro atoms. The zero-order valence-electron chi connectivity index (χ0n) is 20.6. The predicted molar refractivity (Wildman–Crippen MR) is 138 cm³/mol. The van der Waals surface area contributed by atoms with Crippen molar-refractivity contribution in [2.75, 3.05) is 17.1 Å². The van der Waals surface area contributed by atoms with Gasteiger partial charge in [0.05, 0.1) is 22.5 Å². The fourth-order valence-corrected chi connectivity index (χ4v) is 4.65. The van der Waals surface area contributed by atoms with Crippen molar-refractivity contribution in [1.82, 2.24) is 10.2 Å². The van der Waals surface area contributed by atoms with Crippen molar-refractivity contribution in [3.05, 3.63) is 63.6 Å². The van der Waals surface area contributed by atoms with Crippen molar-refractivity contribution < 1.29 is 31.2 Å². The van der Waals surface area contributed by atoms with Gasteiger partial charge in [-0.15, -0.1) is 0 Å². The Bertz CT molecular complexity index is 1240. The molecule has 0 bridgehead atoms. The number of nitrogens with zero attached hydrogens (tertiary/aromatic N) is 2. The van der Waals surface area contributed by atoms with E-state index in [0.29, 0.717) is 33.4 Å². The molecule has 2 amide bonds. The first-order chi connectivity index (χ1) is 17.1. The predicted octanol–water partition coefficient (Wildman–Crippen LogP) is 5.11. The standard InChI is InChI=1S/C24H28Cl2F3N3O4S/c1-5-15(2)30-23(34)16(3)31(13-17-8-6-7-9-19(17)25)22(33)14-32(37(4,35)36)21-12-18(24(27,28)29)10-11-20(21)26/h6-12,15-16H,5,13-14H2,1-4H3,(H,30,34)/t15-,16-/m1/s1. The number of rotatable bonds is 10. The summed E-state index contributed by atoms with van der Waals surface area (Å²) >= 11 is 12.3. The summed E-state index contributed by atoms with van der Waals surface area (Å²) in [5, 5.41) is 2.79. The number of anilines is 1. The minimum atomic E-state index is -4.77. The zero-order chi connectivity index (χ0) is 28.1. The van der Waals surface area contributed by atoms with Crippen LogP contribution in [0.5, 0.6) is 0 Å². The zero-order valence-corrected chi connectivity index (χ0v) is 23.0. The minimum Gasteiger partial charge on any atom is -0.352 e. The van der Waals surface area contributed by atoms with Crippen molar-refractivity contribution in [3.8, 4) is 0 Å². The Balaban J connectivity index is 2.51. The van der Waals surface area contributed by atoms with Crippen LogP contribution in [0.25, 0.3) is 0 Å². The number of carbonyl (C=O) groups excluding carboxylic acids is 2. The number of alkyl halides is 3. The molecule has 0 heterocycles. The quantitative estimate of drug-likeness (QED) is 0.422. The van der Waals surface area contributed by atoms with Crippen molar-refractivity contribution >= 4 is 50.7 Å². The molecule has 0 aromatic heterocycles. The van der Waals surface area contributed by atoms with Gasteiger partial charge in [0.1, 0.15) is 12.6 Å². The minimum absolute atomic E-state index is 0.151. The van der Waals surface area contributed by atoms with Crippen molar-refractivity contribution in [1.29, 1.82) is 0 Å². The number of carbonyl (C=O) groups is 2. The summed E-state index contributed by atoms with van der Waals surface area (Å²) in [6, 6.07) is 7.52. The van der Waals surface area contributed by atoms with Gasteiger partial charge in [-0.05, 0) is 50.1 Å². The van der Waals surface area contributed by atoms with Crippen molar-refractivity contribution in [2.45, 2.75) is 52.0 Å². The van der Waals surface area contributed by atoms with Crippen LogP contribution < -0.4 is 9.62 Å². The Morgan fingerprint density at radius 1 is 1.05 bits per heavy atom. The van der Waals surface area contributed by atoms with Crippen molar-refractivity contribution in [3.63, 3.8) is 0 Å². The molecule has 0 radical (unpaired) electrons. The average molecular weight is 582 g/mol. The Morgan fingerprint density at radius 3 is 2.22 bits per heavy atom. The third kappa shape index (κ3) is 8.24. The van der Waals surface area contributed by atoms with Gasteiger partial charge in [0.25, 0.3) is 0 Å². The molecular formula is C24H28Cl2F3N3O4S. The van der Waals surface area contributed by atoms with Crippen molar-refractivity contribution in [2.24, 2.45) is 0 Å². The maximum absolute atomic E-state index is 13.5. The first-order valence-corrected chi connectivity index (χ1v) is 13.8. The van der Waals surface area contributed by atoms with Gasteiger partial charge in [-0.2, -0.15) is 13.2 Å². The van der Waals surface area contributed by atoms with Crippen LogP contribution in [0.2, 0.25) is 10.0 Å². The van der Waals surface area contributed by atoms with Crippen LogP contribution in [0.15, 0.2) is 42.5 Å². The normalized spacial score (nSPS) is 13.5. The number of nitrogens with one attached hydrogen (secondary N) is 1. The Hall–Kier alpha value is -2.50. The van der Waals surface area contributed by atoms with E-state index < -0.39 is 51.9 Å². The highest BCUT2D eigenvalue weighted by Gasteiger charge is 2.35. The van der Waals surface area contributed by atoms with Gasteiger partial charge in [0.2, 0.25) is 21.8 Å². The Morgan fingerprint density at radius 2 is 1.68 bits per heavy atom. The Kier molecular flexibility index (Phi) is 10.3. The largest absolute Gasteiger partial charge is 0.416 e. The molecule has 0 aliphatic carbocycles. The van der Waals surface area contributed by atoms with Crippen LogP contribution in [-0.4, -0.2) is 50.0 Å². The van der Waals surface area contributed by atoms with Crippen LogP contribution >= 0.6 is 23.2 Å². The summed E-state index contributed by atoms with van der Waals surface area (Å²) in [4.78, 5) is 27.5. The van der Waals surface area contributed by atoms with E-state index in [2.05, 4.69) is 5.32 Å². The second kappa shape index (κ2) is 12.4. The highest BCUT2D eigenvalue weighted by molar-refractivity contribution is 7.92. The van der Waals surface area contributed by atoms with Crippen LogP contribution in [0, 0.1) is 0 Å². The molecule has 2 aromatic rings. The molecule has 2 atom stereocenters. The molecule has 37 heavy (non-hydrogen) atoms. The summed E-state index contributed by atoms with van der Waals surface area (Å²) in [7, 11) is -4.27. The van der Waals surface area contributed by atoms with E-state index in [1.807, 2.05) is 6.92 Å². The van der Waals surface area contributed by atoms with Crippen LogP contribution in [0.4, 0.5) is 18.9 Å². The van der Waals surface area contributed by atoms with E-state index in [1.54, 1.807) is 31.2 Å². The lowest BCUT2D eigenvalue weighted by atomic mass is 10.1. The molecular weight excluding hydrogens is 554 g/mol. The molecule has 204 valence electrons.